The zero-order valence-electron chi connectivity index (χ0n) is 11.1. The highest BCUT2D eigenvalue weighted by Gasteiger charge is 2.29. The highest BCUT2D eigenvalue weighted by atomic mass is 79.9. The summed E-state index contributed by atoms with van der Waals surface area (Å²) in [5.74, 6) is -1.27. The van der Waals surface area contributed by atoms with Gasteiger partial charge < -0.3 is 10.4 Å². The summed E-state index contributed by atoms with van der Waals surface area (Å²) in [6.45, 7) is 5.66. The standard InChI is InChI=1S/C13H17BrN2O3/c1-13(2,3)9(7-10(17)18)16-12(19)8-5-4-6-15-11(8)14/h4-6,9H,7H2,1-3H3,(H,16,19)(H,17,18). The molecule has 0 radical (unpaired) electrons. The van der Waals surface area contributed by atoms with Gasteiger partial charge in [0.2, 0.25) is 0 Å². The lowest BCUT2D eigenvalue weighted by atomic mass is 9.84. The Bertz CT molecular complexity index is 483. The largest absolute Gasteiger partial charge is 0.481 e. The second-order valence-corrected chi connectivity index (χ2v) is 6.08. The fourth-order valence-electron chi connectivity index (χ4n) is 1.54. The Morgan fingerprint density at radius 3 is 2.58 bits per heavy atom. The average molecular weight is 329 g/mol. The maximum Gasteiger partial charge on any atom is 0.305 e. The van der Waals surface area contributed by atoms with Crippen LogP contribution in [0.3, 0.4) is 0 Å². The molecule has 0 aromatic carbocycles. The number of amides is 1. The fraction of sp³-hybridized carbons (Fsp3) is 0.462. The minimum absolute atomic E-state index is 0.118. The van der Waals surface area contributed by atoms with Crippen LogP contribution in [0.25, 0.3) is 0 Å². The summed E-state index contributed by atoms with van der Waals surface area (Å²) in [7, 11) is 0. The number of hydrogen-bond acceptors (Lipinski definition) is 3. The average Bonchev–Trinajstić information content (AvgIpc) is 2.26. The molecule has 104 valence electrons. The molecule has 0 aliphatic heterocycles. The Hall–Kier alpha value is -1.43. The second-order valence-electron chi connectivity index (χ2n) is 5.33. The van der Waals surface area contributed by atoms with Crippen LogP contribution < -0.4 is 5.32 Å². The molecular formula is C13H17BrN2O3. The molecule has 1 rings (SSSR count). The van der Waals surface area contributed by atoms with Gasteiger partial charge in [0, 0.05) is 12.2 Å². The van der Waals surface area contributed by atoms with Crippen LogP contribution in [0.5, 0.6) is 0 Å². The van der Waals surface area contributed by atoms with E-state index in [0.717, 1.165) is 0 Å². The quantitative estimate of drug-likeness (QED) is 0.832. The van der Waals surface area contributed by atoms with Gasteiger partial charge in [0.05, 0.1) is 12.0 Å². The normalized spacial score (nSPS) is 12.8. The molecule has 0 aliphatic carbocycles. The second kappa shape index (κ2) is 6.14. The van der Waals surface area contributed by atoms with Gasteiger partial charge in [0.25, 0.3) is 5.91 Å². The summed E-state index contributed by atoms with van der Waals surface area (Å²) in [5.41, 5.74) is 0.0464. The van der Waals surface area contributed by atoms with Crippen LogP contribution in [-0.4, -0.2) is 28.0 Å². The summed E-state index contributed by atoms with van der Waals surface area (Å²) in [6, 6.07) is 2.83. The first kappa shape index (κ1) is 15.6. The van der Waals surface area contributed by atoms with Crippen molar-refractivity contribution in [1.29, 1.82) is 0 Å². The van der Waals surface area contributed by atoms with Crippen molar-refractivity contribution in [3.63, 3.8) is 0 Å². The molecule has 19 heavy (non-hydrogen) atoms. The van der Waals surface area contributed by atoms with E-state index in [0.29, 0.717) is 10.2 Å². The molecular weight excluding hydrogens is 312 g/mol. The summed E-state index contributed by atoms with van der Waals surface area (Å²) in [4.78, 5) is 27.0. The van der Waals surface area contributed by atoms with E-state index in [-0.39, 0.29) is 17.7 Å². The van der Waals surface area contributed by atoms with Gasteiger partial charge in [-0.1, -0.05) is 20.8 Å². The Morgan fingerprint density at radius 1 is 1.47 bits per heavy atom. The van der Waals surface area contributed by atoms with Gasteiger partial charge >= 0.3 is 5.97 Å². The van der Waals surface area contributed by atoms with E-state index in [2.05, 4.69) is 26.2 Å². The number of carboxylic acids is 1. The van der Waals surface area contributed by atoms with Crippen LogP contribution >= 0.6 is 15.9 Å². The van der Waals surface area contributed by atoms with Crippen molar-refractivity contribution in [2.75, 3.05) is 0 Å². The van der Waals surface area contributed by atoms with Gasteiger partial charge in [-0.2, -0.15) is 0 Å². The van der Waals surface area contributed by atoms with Crippen molar-refractivity contribution in [3.8, 4) is 0 Å². The molecule has 0 saturated heterocycles. The van der Waals surface area contributed by atoms with Gasteiger partial charge in [-0.15, -0.1) is 0 Å². The number of nitrogens with one attached hydrogen (secondary N) is 1. The minimum Gasteiger partial charge on any atom is -0.481 e. The molecule has 0 fully saturated rings. The molecule has 1 unspecified atom stereocenters. The third kappa shape index (κ3) is 4.63. The number of halogens is 1. The molecule has 1 heterocycles. The summed E-state index contributed by atoms with van der Waals surface area (Å²) >= 11 is 3.20. The number of rotatable bonds is 4. The van der Waals surface area contributed by atoms with E-state index in [9.17, 15) is 9.59 Å². The first-order chi connectivity index (χ1) is 8.71. The molecule has 1 atom stereocenters. The van der Waals surface area contributed by atoms with Crippen molar-refractivity contribution in [3.05, 3.63) is 28.5 Å². The van der Waals surface area contributed by atoms with Crippen LogP contribution in [0.2, 0.25) is 0 Å². The molecule has 0 spiro atoms. The van der Waals surface area contributed by atoms with E-state index in [1.807, 2.05) is 20.8 Å². The molecule has 2 N–H and O–H groups in total. The van der Waals surface area contributed by atoms with Crippen molar-refractivity contribution in [1.82, 2.24) is 10.3 Å². The number of carboxylic acid groups (broad SMARTS) is 1. The Labute approximate surface area is 120 Å². The summed E-state index contributed by atoms with van der Waals surface area (Å²) in [6.07, 6.45) is 1.45. The highest BCUT2D eigenvalue weighted by molar-refractivity contribution is 9.10. The first-order valence-corrected chi connectivity index (χ1v) is 6.64. The van der Waals surface area contributed by atoms with Gasteiger partial charge in [-0.05, 0) is 33.5 Å². The monoisotopic (exact) mass is 328 g/mol. The highest BCUT2D eigenvalue weighted by Crippen LogP contribution is 2.23. The maximum atomic E-state index is 12.1. The van der Waals surface area contributed by atoms with E-state index in [1.165, 1.54) is 0 Å². The molecule has 0 saturated carbocycles. The number of aromatic nitrogens is 1. The molecule has 0 bridgehead atoms. The van der Waals surface area contributed by atoms with E-state index >= 15 is 0 Å². The lowest BCUT2D eigenvalue weighted by Gasteiger charge is -2.30. The fourth-order valence-corrected chi connectivity index (χ4v) is 1.97. The molecule has 1 aromatic heterocycles. The maximum absolute atomic E-state index is 12.1. The smallest absolute Gasteiger partial charge is 0.305 e. The number of carbonyl (C=O) groups excluding carboxylic acids is 1. The zero-order chi connectivity index (χ0) is 14.6. The van der Waals surface area contributed by atoms with E-state index in [4.69, 9.17) is 5.11 Å². The molecule has 5 nitrogen and oxygen atoms in total. The molecule has 1 amide bonds. The predicted molar refractivity (Wildman–Crippen MR) is 74.9 cm³/mol. The Balaban J connectivity index is 2.88. The summed E-state index contributed by atoms with van der Waals surface area (Å²) < 4.78 is 0.440. The van der Waals surface area contributed by atoms with Crippen molar-refractivity contribution >= 4 is 27.8 Å². The third-order valence-corrected chi connectivity index (χ3v) is 3.37. The molecule has 0 aliphatic rings. The van der Waals surface area contributed by atoms with Crippen molar-refractivity contribution in [2.45, 2.75) is 33.2 Å². The van der Waals surface area contributed by atoms with Crippen LogP contribution in [-0.2, 0) is 4.79 Å². The topological polar surface area (TPSA) is 79.3 Å². The lowest BCUT2D eigenvalue weighted by Crippen LogP contribution is -2.45. The predicted octanol–water partition coefficient (Wildman–Crippen LogP) is 2.46. The molecule has 1 aromatic rings. The Morgan fingerprint density at radius 2 is 2.11 bits per heavy atom. The third-order valence-electron chi connectivity index (χ3n) is 2.73. The van der Waals surface area contributed by atoms with Gasteiger partial charge in [-0.25, -0.2) is 4.98 Å². The SMILES string of the molecule is CC(C)(C)C(CC(=O)O)NC(=O)c1cccnc1Br. The summed E-state index contributed by atoms with van der Waals surface area (Å²) in [5, 5.41) is 11.7. The number of hydrogen-bond donors (Lipinski definition) is 2. The van der Waals surface area contributed by atoms with Crippen LogP contribution in [0.4, 0.5) is 0 Å². The van der Waals surface area contributed by atoms with Crippen LogP contribution in [0.15, 0.2) is 22.9 Å². The Kier molecular flexibility index (Phi) is 5.05. The number of nitrogens with zero attached hydrogens (tertiary/aromatic N) is 1. The molecule has 6 heteroatoms. The first-order valence-electron chi connectivity index (χ1n) is 5.85. The van der Waals surface area contributed by atoms with E-state index < -0.39 is 12.0 Å². The number of aliphatic carboxylic acids is 1. The van der Waals surface area contributed by atoms with Gasteiger partial charge in [-0.3, -0.25) is 9.59 Å². The van der Waals surface area contributed by atoms with E-state index in [1.54, 1.807) is 18.3 Å². The van der Waals surface area contributed by atoms with Gasteiger partial charge in [0.1, 0.15) is 4.60 Å². The van der Waals surface area contributed by atoms with Crippen molar-refractivity contribution < 1.29 is 14.7 Å². The van der Waals surface area contributed by atoms with Crippen LogP contribution in [0.1, 0.15) is 37.6 Å². The lowest BCUT2D eigenvalue weighted by molar-refractivity contribution is -0.138. The number of pyridine rings is 1. The van der Waals surface area contributed by atoms with Crippen molar-refractivity contribution in [2.24, 2.45) is 5.41 Å². The minimum atomic E-state index is -0.939. The number of carbonyl (C=O) groups is 2. The van der Waals surface area contributed by atoms with Gasteiger partial charge in [0.15, 0.2) is 0 Å². The van der Waals surface area contributed by atoms with Crippen LogP contribution in [0, 0.1) is 5.41 Å². The zero-order valence-corrected chi connectivity index (χ0v) is 12.7.